The van der Waals surface area contributed by atoms with Crippen molar-refractivity contribution in [1.29, 1.82) is 0 Å². The van der Waals surface area contributed by atoms with Crippen LogP contribution in [-0.2, 0) is 0 Å². The van der Waals surface area contributed by atoms with Gasteiger partial charge in [0, 0.05) is 15.1 Å². The molecule has 0 aliphatic heterocycles. The van der Waals surface area contributed by atoms with Crippen LogP contribution in [0, 0.1) is 6.92 Å². The van der Waals surface area contributed by atoms with Crippen molar-refractivity contribution in [2.24, 2.45) is 0 Å². The molecule has 0 radical (unpaired) electrons. The third-order valence-corrected chi connectivity index (χ3v) is 3.93. The molecular formula is C13H10Br2N2O. The van der Waals surface area contributed by atoms with Gasteiger partial charge in [-0.3, -0.25) is 4.79 Å². The van der Waals surface area contributed by atoms with E-state index in [1.807, 2.05) is 25.1 Å². The molecule has 5 heteroatoms. The van der Waals surface area contributed by atoms with Crippen LogP contribution < -0.4 is 5.32 Å². The molecule has 0 saturated heterocycles. The Morgan fingerprint density at radius 3 is 2.67 bits per heavy atom. The van der Waals surface area contributed by atoms with Crippen LogP contribution in [0.5, 0.6) is 0 Å². The molecule has 1 aromatic carbocycles. The molecule has 1 N–H and O–H groups in total. The molecule has 3 nitrogen and oxygen atoms in total. The Bertz CT molecular complexity index is 582. The zero-order valence-corrected chi connectivity index (χ0v) is 12.7. The fraction of sp³-hybridized carbons (Fsp3) is 0.0769. The molecule has 0 aliphatic carbocycles. The number of anilines is 1. The summed E-state index contributed by atoms with van der Waals surface area (Å²) < 4.78 is 1.68. The highest BCUT2D eigenvalue weighted by molar-refractivity contribution is 9.10. The van der Waals surface area contributed by atoms with Crippen LogP contribution in [0.4, 0.5) is 5.82 Å². The van der Waals surface area contributed by atoms with Gasteiger partial charge in [0.2, 0.25) is 0 Å². The molecule has 0 fully saturated rings. The maximum absolute atomic E-state index is 12.1. The Balaban J connectivity index is 2.22. The molecule has 1 aromatic heterocycles. The lowest BCUT2D eigenvalue weighted by Gasteiger charge is -2.07. The molecule has 92 valence electrons. The van der Waals surface area contributed by atoms with Crippen molar-refractivity contribution in [3.63, 3.8) is 0 Å². The number of nitrogens with zero attached hydrogens (tertiary/aromatic N) is 1. The van der Waals surface area contributed by atoms with E-state index in [0.717, 1.165) is 14.5 Å². The maximum Gasteiger partial charge on any atom is 0.257 e. The summed E-state index contributed by atoms with van der Waals surface area (Å²) in [6, 6.07) is 9.13. The number of amides is 1. The van der Waals surface area contributed by atoms with Crippen molar-refractivity contribution in [3.8, 4) is 0 Å². The molecule has 18 heavy (non-hydrogen) atoms. The number of carbonyl (C=O) groups excluding carboxylic acids is 1. The second-order valence-electron chi connectivity index (χ2n) is 3.75. The zero-order chi connectivity index (χ0) is 13.1. The SMILES string of the molecule is Cc1cccc(C(=O)Nc2ccc(Br)cn2)c1Br. The van der Waals surface area contributed by atoms with E-state index < -0.39 is 0 Å². The Morgan fingerprint density at radius 2 is 2.00 bits per heavy atom. The first-order valence-electron chi connectivity index (χ1n) is 5.26. The third kappa shape index (κ3) is 2.97. The van der Waals surface area contributed by atoms with Crippen LogP contribution in [0.15, 0.2) is 45.5 Å². The first kappa shape index (κ1) is 13.2. The quantitative estimate of drug-likeness (QED) is 0.863. The molecule has 0 unspecified atom stereocenters. The zero-order valence-electron chi connectivity index (χ0n) is 9.58. The number of benzene rings is 1. The summed E-state index contributed by atoms with van der Waals surface area (Å²) >= 11 is 6.71. The summed E-state index contributed by atoms with van der Waals surface area (Å²) in [4.78, 5) is 16.2. The summed E-state index contributed by atoms with van der Waals surface area (Å²) in [6.07, 6.45) is 1.64. The molecular weight excluding hydrogens is 360 g/mol. The molecule has 0 saturated carbocycles. The predicted octanol–water partition coefficient (Wildman–Crippen LogP) is 4.17. The average molecular weight is 370 g/mol. The standard InChI is InChI=1S/C13H10Br2N2O/c1-8-3-2-4-10(12(8)15)13(18)17-11-6-5-9(14)7-16-11/h2-7H,1H3,(H,16,17,18). The van der Waals surface area contributed by atoms with Crippen molar-refractivity contribution in [3.05, 3.63) is 56.6 Å². The third-order valence-electron chi connectivity index (χ3n) is 2.41. The van der Waals surface area contributed by atoms with Crippen LogP contribution >= 0.6 is 31.9 Å². The molecule has 0 spiro atoms. The second kappa shape index (κ2) is 5.63. The van der Waals surface area contributed by atoms with Crippen molar-refractivity contribution in [2.75, 3.05) is 5.32 Å². The van der Waals surface area contributed by atoms with Crippen molar-refractivity contribution in [2.45, 2.75) is 6.92 Å². The number of hydrogen-bond acceptors (Lipinski definition) is 2. The summed E-state index contributed by atoms with van der Waals surface area (Å²) in [5.74, 6) is 0.344. The summed E-state index contributed by atoms with van der Waals surface area (Å²) in [5, 5.41) is 2.75. The molecule has 0 aliphatic rings. The van der Waals surface area contributed by atoms with E-state index in [4.69, 9.17) is 0 Å². The number of nitrogens with one attached hydrogen (secondary N) is 1. The highest BCUT2D eigenvalue weighted by atomic mass is 79.9. The van der Waals surface area contributed by atoms with E-state index in [2.05, 4.69) is 42.2 Å². The first-order chi connectivity index (χ1) is 8.58. The first-order valence-corrected chi connectivity index (χ1v) is 6.84. The van der Waals surface area contributed by atoms with E-state index in [-0.39, 0.29) is 5.91 Å². The minimum atomic E-state index is -0.180. The number of aromatic nitrogens is 1. The van der Waals surface area contributed by atoms with E-state index in [1.165, 1.54) is 0 Å². The van der Waals surface area contributed by atoms with Gasteiger partial charge in [0.05, 0.1) is 5.56 Å². The summed E-state index contributed by atoms with van der Waals surface area (Å²) in [5.41, 5.74) is 1.62. The predicted molar refractivity (Wildman–Crippen MR) is 78.8 cm³/mol. The Labute approximate surface area is 122 Å². The fourth-order valence-electron chi connectivity index (χ4n) is 1.46. The minimum absolute atomic E-state index is 0.180. The average Bonchev–Trinajstić information content (AvgIpc) is 2.35. The Morgan fingerprint density at radius 1 is 1.22 bits per heavy atom. The Kier molecular flexibility index (Phi) is 4.14. The molecule has 1 heterocycles. The van der Waals surface area contributed by atoms with Crippen molar-refractivity contribution in [1.82, 2.24) is 4.98 Å². The van der Waals surface area contributed by atoms with Gasteiger partial charge in [0.25, 0.3) is 5.91 Å². The lowest BCUT2D eigenvalue weighted by Crippen LogP contribution is -2.13. The number of rotatable bonds is 2. The monoisotopic (exact) mass is 368 g/mol. The van der Waals surface area contributed by atoms with E-state index in [1.54, 1.807) is 18.3 Å². The van der Waals surface area contributed by atoms with Gasteiger partial charge in [0.15, 0.2) is 0 Å². The second-order valence-corrected chi connectivity index (χ2v) is 5.46. The topological polar surface area (TPSA) is 42.0 Å². The molecule has 0 bridgehead atoms. The van der Waals surface area contributed by atoms with Gasteiger partial charge in [-0.25, -0.2) is 4.98 Å². The van der Waals surface area contributed by atoms with Gasteiger partial charge < -0.3 is 5.32 Å². The summed E-state index contributed by atoms with van der Waals surface area (Å²) in [6.45, 7) is 1.94. The van der Waals surface area contributed by atoms with Crippen LogP contribution in [0.1, 0.15) is 15.9 Å². The van der Waals surface area contributed by atoms with Crippen molar-refractivity contribution >= 4 is 43.6 Å². The highest BCUT2D eigenvalue weighted by Crippen LogP contribution is 2.22. The van der Waals surface area contributed by atoms with Gasteiger partial charge in [-0.1, -0.05) is 12.1 Å². The molecule has 0 atom stereocenters. The summed E-state index contributed by atoms with van der Waals surface area (Å²) in [7, 11) is 0. The lowest BCUT2D eigenvalue weighted by atomic mass is 10.1. The van der Waals surface area contributed by atoms with Gasteiger partial charge in [-0.15, -0.1) is 0 Å². The van der Waals surface area contributed by atoms with E-state index in [9.17, 15) is 4.79 Å². The Hall–Kier alpha value is -1.20. The van der Waals surface area contributed by atoms with Gasteiger partial charge in [-0.2, -0.15) is 0 Å². The minimum Gasteiger partial charge on any atom is -0.307 e. The number of pyridine rings is 1. The fourth-order valence-corrected chi connectivity index (χ4v) is 2.14. The van der Waals surface area contributed by atoms with E-state index >= 15 is 0 Å². The van der Waals surface area contributed by atoms with E-state index in [0.29, 0.717) is 11.4 Å². The van der Waals surface area contributed by atoms with Crippen molar-refractivity contribution < 1.29 is 4.79 Å². The van der Waals surface area contributed by atoms with Crippen LogP contribution in [0.3, 0.4) is 0 Å². The normalized spacial score (nSPS) is 10.2. The van der Waals surface area contributed by atoms with Crippen LogP contribution in [-0.4, -0.2) is 10.9 Å². The number of hydrogen-bond donors (Lipinski definition) is 1. The molecule has 1 amide bonds. The maximum atomic E-state index is 12.1. The van der Waals surface area contributed by atoms with Crippen LogP contribution in [0.2, 0.25) is 0 Å². The largest absolute Gasteiger partial charge is 0.307 e. The smallest absolute Gasteiger partial charge is 0.257 e. The molecule has 2 aromatic rings. The highest BCUT2D eigenvalue weighted by Gasteiger charge is 2.11. The number of aryl methyl sites for hydroxylation is 1. The van der Waals surface area contributed by atoms with Crippen LogP contribution in [0.25, 0.3) is 0 Å². The molecule has 2 rings (SSSR count). The number of carbonyl (C=O) groups is 1. The number of halogens is 2. The van der Waals surface area contributed by atoms with Gasteiger partial charge in [0.1, 0.15) is 5.82 Å². The van der Waals surface area contributed by atoms with Gasteiger partial charge in [-0.05, 0) is 62.5 Å². The van der Waals surface area contributed by atoms with Gasteiger partial charge >= 0.3 is 0 Å². The lowest BCUT2D eigenvalue weighted by molar-refractivity contribution is 0.102.